The molecule has 0 aliphatic rings. The van der Waals surface area contributed by atoms with E-state index >= 15 is 0 Å². The van der Waals surface area contributed by atoms with Gasteiger partial charge in [0.1, 0.15) is 5.75 Å². The molecule has 0 bridgehead atoms. The number of sulfone groups is 1. The molecule has 1 rings (SSSR count). The maximum absolute atomic E-state index is 12.1. The van der Waals surface area contributed by atoms with Gasteiger partial charge in [-0.05, 0) is 18.2 Å². The number of ether oxygens (including phenoxy) is 1. The van der Waals surface area contributed by atoms with Crippen molar-refractivity contribution < 1.29 is 31.1 Å². The maximum atomic E-state index is 12.1. The van der Waals surface area contributed by atoms with Crippen LogP contribution in [0.5, 0.6) is 5.75 Å². The van der Waals surface area contributed by atoms with Gasteiger partial charge in [0.2, 0.25) is 0 Å². The first-order valence-corrected chi connectivity index (χ1v) is 5.29. The second kappa shape index (κ2) is 4.12. The van der Waals surface area contributed by atoms with Gasteiger partial charge in [-0.25, -0.2) is 8.42 Å². The molecule has 0 aromatic heterocycles. The van der Waals surface area contributed by atoms with E-state index in [-0.39, 0.29) is 12.2 Å². The number of carbonyl (C=O) groups excluding carboxylic acids is 1. The Morgan fingerprint density at radius 2 is 1.88 bits per heavy atom. The lowest BCUT2D eigenvalue weighted by Gasteiger charge is -2.08. The second-order valence-corrected chi connectivity index (χ2v) is 4.58. The molecule has 0 unspecified atom stereocenters. The van der Waals surface area contributed by atoms with Gasteiger partial charge in [-0.2, -0.15) is 13.2 Å². The van der Waals surface area contributed by atoms with E-state index in [0.29, 0.717) is 6.07 Å². The first-order chi connectivity index (χ1) is 7.29. The summed E-state index contributed by atoms with van der Waals surface area (Å²) in [6.45, 7) is -0.0146. The number of rotatable bonds is 3. The zero-order valence-corrected chi connectivity index (χ0v) is 8.38. The van der Waals surface area contributed by atoms with Gasteiger partial charge in [0.15, 0.2) is 0 Å². The molecule has 88 valence electrons. The molecule has 0 aliphatic carbocycles. The number of hydrogen-bond donors (Lipinski definition) is 0. The molecule has 0 heterocycles. The van der Waals surface area contributed by atoms with E-state index in [4.69, 9.17) is 0 Å². The molecule has 0 saturated heterocycles. The molecule has 0 N–H and O–H groups in total. The van der Waals surface area contributed by atoms with Gasteiger partial charge in [-0.3, -0.25) is 4.79 Å². The zero-order chi connectivity index (χ0) is 12.4. The van der Waals surface area contributed by atoms with E-state index in [2.05, 4.69) is 4.74 Å². The smallest absolute Gasteiger partial charge is 0.429 e. The van der Waals surface area contributed by atoms with Gasteiger partial charge in [-0.1, -0.05) is 6.07 Å². The molecule has 0 spiro atoms. The quantitative estimate of drug-likeness (QED) is 0.767. The fourth-order valence-corrected chi connectivity index (χ4v) is 1.70. The second-order valence-electron chi connectivity index (χ2n) is 2.64. The monoisotopic (exact) mass is 254 g/mol. The van der Waals surface area contributed by atoms with E-state index in [1.54, 1.807) is 0 Å². The first kappa shape index (κ1) is 12.5. The van der Waals surface area contributed by atoms with Gasteiger partial charge in [0.05, 0.1) is 4.90 Å². The van der Waals surface area contributed by atoms with Crippen molar-refractivity contribution in [1.29, 1.82) is 0 Å². The molecule has 1 aromatic rings. The van der Waals surface area contributed by atoms with Crippen LogP contribution >= 0.6 is 0 Å². The van der Waals surface area contributed by atoms with E-state index in [9.17, 15) is 26.4 Å². The maximum Gasteiger partial charge on any atom is 0.501 e. The average molecular weight is 254 g/mol. The number of carbonyl (C=O) groups is 1. The van der Waals surface area contributed by atoms with Crippen LogP contribution in [-0.4, -0.2) is 20.4 Å². The highest BCUT2D eigenvalue weighted by Gasteiger charge is 2.46. The van der Waals surface area contributed by atoms with E-state index in [1.807, 2.05) is 0 Å². The molecule has 0 radical (unpaired) electrons. The number of alkyl halides is 3. The lowest BCUT2D eigenvalue weighted by molar-refractivity contribution is -0.120. The Labute approximate surface area is 88.6 Å². The summed E-state index contributed by atoms with van der Waals surface area (Å²) in [5.41, 5.74) is -5.38. The van der Waals surface area contributed by atoms with Gasteiger partial charge < -0.3 is 4.74 Å². The molecule has 0 aliphatic heterocycles. The summed E-state index contributed by atoms with van der Waals surface area (Å²) in [5, 5.41) is 0. The number of benzene rings is 1. The van der Waals surface area contributed by atoms with Crippen LogP contribution in [0.4, 0.5) is 13.2 Å². The third-order valence-corrected chi connectivity index (χ3v) is 3.09. The minimum Gasteiger partial charge on any atom is -0.429 e. The van der Waals surface area contributed by atoms with Crippen LogP contribution in [0.1, 0.15) is 0 Å². The highest BCUT2D eigenvalue weighted by molar-refractivity contribution is 7.92. The van der Waals surface area contributed by atoms with Crippen LogP contribution < -0.4 is 4.74 Å². The minimum absolute atomic E-state index is 0.0146. The topological polar surface area (TPSA) is 60.4 Å². The molecule has 1 aromatic carbocycles. The highest BCUT2D eigenvalue weighted by atomic mass is 32.2. The summed E-state index contributed by atoms with van der Waals surface area (Å²) >= 11 is 0. The Morgan fingerprint density at radius 3 is 2.38 bits per heavy atom. The fraction of sp³-hybridized carbons (Fsp3) is 0.125. The lowest BCUT2D eigenvalue weighted by Crippen LogP contribution is -2.23. The van der Waals surface area contributed by atoms with Gasteiger partial charge >= 0.3 is 5.51 Å². The molecule has 0 fully saturated rings. The summed E-state index contributed by atoms with van der Waals surface area (Å²) in [6.07, 6.45) is 0. The average Bonchev–Trinajstić information content (AvgIpc) is 2.17. The molecule has 8 heteroatoms. The molecule has 4 nitrogen and oxygen atoms in total. The van der Waals surface area contributed by atoms with Crippen LogP contribution in [0.25, 0.3) is 0 Å². The van der Waals surface area contributed by atoms with Crippen molar-refractivity contribution >= 4 is 16.3 Å². The Bertz CT molecular complexity index is 492. The molecular weight excluding hydrogens is 249 g/mol. The third kappa shape index (κ3) is 2.32. The summed E-state index contributed by atoms with van der Waals surface area (Å²) in [4.78, 5) is 8.97. The summed E-state index contributed by atoms with van der Waals surface area (Å²) in [6, 6.07) is 3.58. The van der Waals surface area contributed by atoms with Crippen molar-refractivity contribution in [2.45, 2.75) is 10.4 Å². The predicted molar refractivity (Wildman–Crippen MR) is 46.4 cm³/mol. The van der Waals surface area contributed by atoms with Crippen LogP contribution in [0.3, 0.4) is 0 Å². The Kier molecular flexibility index (Phi) is 3.22. The number of hydrogen-bond acceptors (Lipinski definition) is 4. The summed E-state index contributed by atoms with van der Waals surface area (Å²) in [7, 11) is -5.41. The van der Waals surface area contributed by atoms with Crippen molar-refractivity contribution in [2.24, 2.45) is 0 Å². The minimum atomic E-state index is -5.41. The van der Waals surface area contributed by atoms with E-state index in [1.165, 1.54) is 0 Å². The van der Waals surface area contributed by atoms with Crippen LogP contribution in [0.15, 0.2) is 29.2 Å². The van der Waals surface area contributed by atoms with Crippen molar-refractivity contribution in [3.63, 3.8) is 0 Å². The van der Waals surface area contributed by atoms with Crippen molar-refractivity contribution in [1.82, 2.24) is 0 Å². The SMILES string of the molecule is O=COc1cccc(S(=O)(=O)C(F)(F)F)c1. The molecule has 0 saturated carbocycles. The highest BCUT2D eigenvalue weighted by Crippen LogP contribution is 2.31. The van der Waals surface area contributed by atoms with Crippen LogP contribution in [0.2, 0.25) is 0 Å². The first-order valence-electron chi connectivity index (χ1n) is 3.81. The predicted octanol–water partition coefficient (Wildman–Crippen LogP) is 1.52. The molecule has 0 amide bonds. The normalized spacial score (nSPS) is 12.2. The van der Waals surface area contributed by atoms with Gasteiger partial charge in [-0.15, -0.1) is 0 Å². The zero-order valence-electron chi connectivity index (χ0n) is 7.56. The number of halogens is 3. The molecule has 16 heavy (non-hydrogen) atoms. The van der Waals surface area contributed by atoms with Crippen molar-refractivity contribution in [2.75, 3.05) is 0 Å². The van der Waals surface area contributed by atoms with Gasteiger partial charge in [0.25, 0.3) is 16.3 Å². The summed E-state index contributed by atoms with van der Waals surface area (Å²) in [5.74, 6) is -0.277. The van der Waals surface area contributed by atoms with Crippen LogP contribution in [-0.2, 0) is 14.6 Å². The molecule has 0 atom stereocenters. The lowest BCUT2D eigenvalue weighted by atomic mass is 10.3. The van der Waals surface area contributed by atoms with Crippen LogP contribution in [0, 0.1) is 0 Å². The fourth-order valence-electron chi connectivity index (χ4n) is 0.904. The molecular formula is C8H5F3O4S. The van der Waals surface area contributed by atoms with Gasteiger partial charge in [0, 0.05) is 0 Å². The van der Waals surface area contributed by atoms with E-state index < -0.39 is 20.2 Å². The largest absolute Gasteiger partial charge is 0.501 e. The Hall–Kier alpha value is -1.57. The summed E-state index contributed by atoms with van der Waals surface area (Å²) < 4.78 is 62.5. The Balaban J connectivity index is 3.24. The van der Waals surface area contributed by atoms with Crippen molar-refractivity contribution in [3.05, 3.63) is 24.3 Å². The van der Waals surface area contributed by atoms with E-state index in [0.717, 1.165) is 18.2 Å². The standard InChI is InChI=1S/C8H5F3O4S/c9-8(10,11)16(13,14)7-3-1-2-6(4-7)15-5-12/h1-5H. The third-order valence-electron chi connectivity index (χ3n) is 1.60. The van der Waals surface area contributed by atoms with Crippen molar-refractivity contribution in [3.8, 4) is 5.75 Å². The Morgan fingerprint density at radius 1 is 1.25 bits per heavy atom.